The van der Waals surface area contributed by atoms with Crippen molar-refractivity contribution in [3.8, 4) is 0 Å². The van der Waals surface area contributed by atoms with Crippen LogP contribution in [0, 0.1) is 0 Å². The van der Waals surface area contributed by atoms with E-state index in [0.29, 0.717) is 23.7 Å². The molecule has 0 N–H and O–H groups in total. The summed E-state index contributed by atoms with van der Waals surface area (Å²) in [6.45, 7) is 18.6. The minimum Gasteiger partial charge on any atom is -0.321 e. The number of nitrogens with zero attached hydrogens (tertiary/aromatic N) is 3. The molecule has 0 amide bonds. The Kier molecular flexibility index (Phi) is 9.97. The number of para-hydroxylation sites is 3. The van der Waals surface area contributed by atoms with Crippen LogP contribution in [0.4, 0.5) is 28.4 Å². The Bertz CT molecular complexity index is 2040. The maximum Gasteiger partial charge on any atom is 0.136 e. The van der Waals surface area contributed by atoms with Crippen LogP contribution in [0.25, 0.3) is 10.8 Å². The average Bonchev–Trinajstić information content (AvgIpc) is 3.59. The van der Waals surface area contributed by atoms with Crippen LogP contribution >= 0.6 is 0 Å². The van der Waals surface area contributed by atoms with Crippen LogP contribution in [-0.4, -0.2) is 0 Å². The van der Waals surface area contributed by atoms with E-state index >= 15 is 0 Å². The first-order chi connectivity index (χ1) is 25.2. The highest BCUT2D eigenvalue weighted by molar-refractivity contribution is 5.98. The van der Waals surface area contributed by atoms with Gasteiger partial charge in [0, 0.05) is 40.5 Å². The molecule has 0 spiro atoms. The molecule has 264 valence electrons. The normalized spacial score (nSPS) is 13.5. The topological polar surface area (TPSA) is 9.72 Å². The lowest BCUT2D eigenvalue weighted by Gasteiger charge is -2.38. The highest BCUT2D eigenvalue weighted by Gasteiger charge is 2.36. The van der Waals surface area contributed by atoms with E-state index in [1.807, 2.05) is 0 Å². The molecule has 0 saturated heterocycles. The first kappa shape index (κ1) is 35.1. The molecule has 3 heteroatoms. The monoisotopic (exact) mass is 683 g/mol. The summed E-state index contributed by atoms with van der Waals surface area (Å²) >= 11 is 0. The van der Waals surface area contributed by atoms with Crippen molar-refractivity contribution < 1.29 is 0 Å². The lowest BCUT2D eigenvalue weighted by molar-refractivity contribution is 0.701. The summed E-state index contributed by atoms with van der Waals surface area (Å²) in [7, 11) is 0. The molecule has 0 radical (unpaired) electrons. The predicted molar refractivity (Wildman–Crippen MR) is 225 cm³/mol. The van der Waals surface area contributed by atoms with Gasteiger partial charge >= 0.3 is 0 Å². The lowest BCUT2D eigenvalue weighted by atomic mass is 9.90. The number of hydrogen-bond acceptors (Lipinski definition) is 3. The molecular formula is C49H53N3. The molecule has 0 bridgehead atoms. The quantitative estimate of drug-likeness (QED) is 0.142. The molecule has 0 aliphatic carbocycles. The van der Waals surface area contributed by atoms with Gasteiger partial charge in [0.15, 0.2) is 0 Å². The Morgan fingerprint density at radius 2 is 0.846 bits per heavy atom. The van der Waals surface area contributed by atoms with Gasteiger partial charge in [-0.1, -0.05) is 159 Å². The van der Waals surface area contributed by atoms with Crippen LogP contribution < -0.4 is 14.7 Å². The van der Waals surface area contributed by atoms with Crippen molar-refractivity contribution in [1.29, 1.82) is 0 Å². The molecule has 1 heterocycles. The van der Waals surface area contributed by atoms with E-state index in [0.717, 1.165) is 11.4 Å². The smallest absolute Gasteiger partial charge is 0.136 e. The summed E-state index contributed by atoms with van der Waals surface area (Å²) < 4.78 is 0. The van der Waals surface area contributed by atoms with Crippen LogP contribution in [0.5, 0.6) is 0 Å². The van der Waals surface area contributed by atoms with Crippen molar-refractivity contribution in [3.63, 3.8) is 0 Å². The van der Waals surface area contributed by atoms with Gasteiger partial charge < -0.3 is 14.7 Å². The fourth-order valence-electron chi connectivity index (χ4n) is 7.98. The van der Waals surface area contributed by atoms with Crippen molar-refractivity contribution >= 4 is 39.2 Å². The van der Waals surface area contributed by atoms with E-state index < -0.39 is 0 Å². The highest BCUT2D eigenvalue weighted by atomic mass is 15.4. The van der Waals surface area contributed by atoms with Gasteiger partial charge in [-0.15, -0.1) is 0 Å². The maximum atomic E-state index is 2.56. The number of fused-ring (bicyclic) bond motifs is 1. The van der Waals surface area contributed by atoms with E-state index in [1.54, 1.807) is 0 Å². The molecule has 1 aliphatic rings. The Morgan fingerprint density at radius 1 is 0.423 bits per heavy atom. The Balaban J connectivity index is 1.42. The molecule has 52 heavy (non-hydrogen) atoms. The van der Waals surface area contributed by atoms with Gasteiger partial charge in [0.1, 0.15) is 6.17 Å². The Hall–Kier alpha value is -5.28. The molecule has 0 fully saturated rings. The van der Waals surface area contributed by atoms with Gasteiger partial charge in [0.2, 0.25) is 0 Å². The van der Waals surface area contributed by atoms with Crippen molar-refractivity contribution in [2.75, 3.05) is 14.7 Å². The summed E-state index contributed by atoms with van der Waals surface area (Å²) in [5, 5.41) is 2.46. The molecule has 7 rings (SSSR count). The van der Waals surface area contributed by atoms with Gasteiger partial charge in [0.05, 0.1) is 5.69 Å². The van der Waals surface area contributed by atoms with Gasteiger partial charge in [-0.05, 0) is 87.2 Å². The SMILES string of the molecule is CC(C)c1cccc(C(C)C)c1N1C=CN(c2c(C(C)C)cccc2C(C)C)C1c1ccc(N(c2ccccc2)c2cccc3ccccc23)cc1. The molecule has 0 saturated carbocycles. The van der Waals surface area contributed by atoms with Crippen LogP contribution in [0.3, 0.4) is 0 Å². The predicted octanol–water partition coefficient (Wildman–Crippen LogP) is 14.3. The summed E-state index contributed by atoms with van der Waals surface area (Å²) in [5.74, 6) is 1.53. The Labute approximate surface area is 311 Å². The van der Waals surface area contributed by atoms with Crippen LogP contribution in [0.1, 0.15) is 113 Å². The van der Waals surface area contributed by atoms with Gasteiger partial charge in [-0.2, -0.15) is 0 Å². The zero-order valence-corrected chi connectivity index (χ0v) is 32.1. The number of anilines is 5. The zero-order chi connectivity index (χ0) is 36.5. The van der Waals surface area contributed by atoms with Crippen LogP contribution in [-0.2, 0) is 0 Å². The first-order valence-electron chi connectivity index (χ1n) is 19.1. The minimum atomic E-state index is -0.0634. The lowest BCUT2D eigenvalue weighted by Crippen LogP contribution is -2.33. The molecule has 1 aliphatic heterocycles. The second-order valence-electron chi connectivity index (χ2n) is 15.4. The third-order valence-electron chi connectivity index (χ3n) is 10.6. The molecule has 6 aromatic rings. The molecule has 0 aromatic heterocycles. The van der Waals surface area contributed by atoms with Crippen molar-refractivity contribution in [1.82, 2.24) is 0 Å². The average molecular weight is 684 g/mol. The second-order valence-corrected chi connectivity index (χ2v) is 15.4. The molecule has 0 atom stereocenters. The fraction of sp³-hybridized carbons (Fsp3) is 0.265. The molecule has 6 aromatic carbocycles. The second kappa shape index (κ2) is 14.8. The summed E-state index contributed by atoms with van der Waals surface area (Å²) in [6, 6.07) is 49.1. The van der Waals surface area contributed by atoms with E-state index in [2.05, 4.69) is 216 Å². The standard InChI is InChI=1S/C49H53N3/c1-33(2)41-22-15-23-42(34(3)4)47(41)50-31-32-51(48-43(35(5)6)24-16-25-44(48)36(7)8)49(50)38-27-29-40(30-28-38)52(39-19-10-9-11-20-39)46-26-14-18-37-17-12-13-21-45(37)46/h9-36,49H,1-8H3. The summed E-state index contributed by atoms with van der Waals surface area (Å²) in [4.78, 5) is 7.51. The molecular weight excluding hydrogens is 631 g/mol. The molecule has 0 unspecified atom stereocenters. The van der Waals surface area contributed by atoms with Gasteiger partial charge in [0.25, 0.3) is 0 Å². The van der Waals surface area contributed by atoms with Crippen molar-refractivity contribution in [3.05, 3.63) is 174 Å². The van der Waals surface area contributed by atoms with E-state index in [4.69, 9.17) is 0 Å². The summed E-state index contributed by atoms with van der Waals surface area (Å²) in [6.07, 6.45) is 4.60. The van der Waals surface area contributed by atoms with Gasteiger partial charge in [-0.25, -0.2) is 0 Å². The van der Waals surface area contributed by atoms with Crippen LogP contribution in [0.15, 0.2) is 146 Å². The number of hydrogen-bond donors (Lipinski definition) is 0. The third kappa shape index (κ3) is 6.50. The first-order valence-corrected chi connectivity index (χ1v) is 19.1. The minimum absolute atomic E-state index is 0.0634. The zero-order valence-electron chi connectivity index (χ0n) is 32.1. The molecule has 3 nitrogen and oxygen atoms in total. The fourth-order valence-corrected chi connectivity index (χ4v) is 7.98. The highest BCUT2D eigenvalue weighted by Crippen LogP contribution is 2.48. The number of rotatable bonds is 10. The Morgan fingerprint density at radius 3 is 1.35 bits per heavy atom. The van der Waals surface area contributed by atoms with Gasteiger partial charge in [-0.3, -0.25) is 0 Å². The van der Waals surface area contributed by atoms with E-state index in [-0.39, 0.29) is 6.17 Å². The largest absolute Gasteiger partial charge is 0.321 e. The maximum absolute atomic E-state index is 2.56. The van der Waals surface area contributed by atoms with Crippen molar-refractivity contribution in [2.45, 2.75) is 85.2 Å². The van der Waals surface area contributed by atoms with Crippen LogP contribution in [0.2, 0.25) is 0 Å². The van der Waals surface area contributed by atoms with Crippen molar-refractivity contribution in [2.24, 2.45) is 0 Å². The summed E-state index contributed by atoms with van der Waals surface area (Å²) in [5.41, 5.74) is 12.9. The van der Waals surface area contributed by atoms with E-state index in [1.165, 1.54) is 55.7 Å². The van der Waals surface area contributed by atoms with E-state index in [9.17, 15) is 0 Å². The third-order valence-corrected chi connectivity index (χ3v) is 10.6. The number of benzene rings is 6.